The summed E-state index contributed by atoms with van der Waals surface area (Å²) in [7, 11) is 0. The summed E-state index contributed by atoms with van der Waals surface area (Å²) in [6.07, 6.45) is -0.442. The minimum Gasteiger partial charge on any atom is -0.450 e. The molecule has 1 amide bonds. The van der Waals surface area contributed by atoms with Crippen LogP contribution in [0.1, 0.15) is 18.5 Å². The molecule has 0 spiro atoms. The van der Waals surface area contributed by atoms with Gasteiger partial charge in [-0.3, -0.25) is 4.90 Å². The Hall–Kier alpha value is -1.66. The molecule has 0 aliphatic carbocycles. The summed E-state index contributed by atoms with van der Waals surface area (Å²) in [6.45, 7) is 2.71. The number of aliphatic hydroxyl groups is 1. The normalized spacial score (nSPS) is 19.6. The first-order valence-corrected chi connectivity index (χ1v) is 10.1. The van der Waals surface area contributed by atoms with E-state index < -0.39 is 12.1 Å². The van der Waals surface area contributed by atoms with E-state index in [0.717, 1.165) is 11.3 Å². The third-order valence-corrected chi connectivity index (χ3v) is 5.59. The first kappa shape index (κ1) is 21.1. The van der Waals surface area contributed by atoms with Crippen LogP contribution in [0.2, 0.25) is 15.1 Å². The fraction of sp³-hybridized carbons (Fsp3) is 0.350. The maximum absolute atomic E-state index is 12.5. The van der Waals surface area contributed by atoms with E-state index in [2.05, 4.69) is 4.90 Å². The first-order chi connectivity index (χ1) is 13.5. The number of nitrogens with zero attached hydrogens (tertiary/aromatic N) is 2. The third-order valence-electron chi connectivity index (χ3n) is 4.80. The van der Waals surface area contributed by atoms with Crippen LogP contribution in [0.15, 0.2) is 42.5 Å². The van der Waals surface area contributed by atoms with E-state index in [1.165, 1.54) is 0 Å². The Labute approximate surface area is 179 Å². The highest BCUT2D eigenvalue weighted by Crippen LogP contribution is 2.39. The molecule has 2 aromatic carbocycles. The highest BCUT2D eigenvalue weighted by Gasteiger charge is 2.40. The lowest BCUT2D eigenvalue weighted by Gasteiger charge is -2.48. The fourth-order valence-electron chi connectivity index (χ4n) is 3.58. The number of anilines is 1. The first-order valence-electron chi connectivity index (χ1n) is 8.97. The van der Waals surface area contributed by atoms with E-state index in [9.17, 15) is 9.90 Å². The van der Waals surface area contributed by atoms with Gasteiger partial charge in [-0.05, 0) is 42.8 Å². The molecule has 8 heteroatoms. The van der Waals surface area contributed by atoms with Gasteiger partial charge in [0.15, 0.2) is 0 Å². The number of carbonyl (C=O) groups excluding carboxylic acids is 1. The largest absolute Gasteiger partial charge is 0.450 e. The van der Waals surface area contributed by atoms with Crippen LogP contribution < -0.4 is 4.90 Å². The second-order valence-corrected chi connectivity index (χ2v) is 7.71. The Balaban J connectivity index is 2.06. The molecule has 1 saturated heterocycles. The predicted octanol–water partition coefficient (Wildman–Crippen LogP) is 5.03. The van der Waals surface area contributed by atoms with Gasteiger partial charge in [0.1, 0.15) is 0 Å². The molecular weight excluding hydrogens is 423 g/mol. The van der Waals surface area contributed by atoms with Crippen molar-refractivity contribution in [3.63, 3.8) is 0 Å². The summed E-state index contributed by atoms with van der Waals surface area (Å²) < 4.78 is 5.19. The van der Waals surface area contributed by atoms with Crippen molar-refractivity contribution in [2.24, 2.45) is 0 Å². The number of ether oxygens (including phenoxy) is 1. The van der Waals surface area contributed by atoms with Crippen molar-refractivity contribution in [1.29, 1.82) is 0 Å². The summed E-state index contributed by atoms with van der Waals surface area (Å²) in [6, 6.07) is 11.8. The molecule has 150 valence electrons. The number of carbonyl (C=O) groups is 1. The third kappa shape index (κ3) is 4.33. The lowest BCUT2D eigenvalue weighted by atomic mass is 9.93. The SMILES string of the molecule is CCOC(=O)N1CCN(c2ccc(Cl)cc2Cl)[C@@H](c2ccc(Cl)cc2)[C@H]1CO. The van der Waals surface area contributed by atoms with E-state index in [0.29, 0.717) is 28.2 Å². The van der Waals surface area contributed by atoms with Crippen LogP contribution in [0.5, 0.6) is 0 Å². The maximum Gasteiger partial charge on any atom is 0.410 e. The van der Waals surface area contributed by atoms with Crippen LogP contribution in [-0.4, -0.2) is 48.4 Å². The molecule has 1 N–H and O–H groups in total. The molecule has 1 aliphatic heterocycles. The topological polar surface area (TPSA) is 53.0 Å². The fourth-order valence-corrected chi connectivity index (χ4v) is 4.22. The Bertz CT molecular complexity index is 832. The molecule has 5 nitrogen and oxygen atoms in total. The number of benzene rings is 2. The predicted molar refractivity (Wildman–Crippen MR) is 113 cm³/mol. The van der Waals surface area contributed by atoms with E-state index >= 15 is 0 Å². The summed E-state index contributed by atoms with van der Waals surface area (Å²) in [5.74, 6) is 0. The maximum atomic E-state index is 12.5. The average molecular weight is 444 g/mol. The number of amides is 1. The van der Waals surface area contributed by atoms with Crippen molar-refractivity contribution in [1.82, 2.24) is 4.90 Å². The van der Waals surface area contributed by atoms with E-state index in [-0.39, 0.29) is 19.3 Å². The zero-order valence-corrected chi connectivity index (χ0v) is 17.6. The standard InChI is InChI=1S/C20H21Cl3N2O3/c1-2-28-20(27)25-10-9-24(17-8-7-15(22)11-16(17)23)19(18(25)12-26)13-3-5-14(21)6-4-13/h3-8,11,18-19,26H,2,9-10,12H2,1H3/t18-,19+/m1/s1. The minimum atomic E-state index is -0.513. The molecule has 28 heavy (non-hydrogen) atoms. The average Bonchev–Trinajstić information content (AvgIpc) is 2.68. The van der Waals surface area contributed by atoms with Crippen molar-refractivity contribution < 1.29 is 14.6 Å². The Morgan fingerprint density at radius 2 is 1.79 bits per heavy atom. The molecule has 2 atom stereocenters. The summed E-state index contributed by atoms with van der Waals surface area (Å²) in [4.78, 5) is 16.1. The molecule has 1 aliphatic rings. The van der Waals surface area contributed by atoms with Gasteiger partial charge in [-0.2, -0.15) is 0 Å². The summed E-state index contributed by atoms with van der Waals surface area (Å²) in [5, 5.41) is 11.8. The molecule has 0 radical (unpaired) electrons. The van der Waals surface area contributed by atoms with Crippen LogP contribution >= 0.6 is 34.8 Å². The van der Waals surface area contributed by atoms with Gasteiger partial charge in [-0.15, -0.1) is 0 Å². The van der Waals surface area contributed by atoms with Crippen molar-refractivity contribution >= 4 is 46.6 Å². The van der Waals surface area contributed by atoms with Crippen molar-refractivity contribution in [2.45, 2.75) is 19.0 Å². The van der Waals surface area contributed by atoms with Crippen LogP contribution in [0.3, 0.4) is 0 Å². The lowest BCUT2D eigenvalue weighted by molar-refractivity contribution is 0.0524. The number of hydrogen-bond donors (Lipinski definition) is 1. The zero-order chi connectivity index (χ0) is 20.3. The zero-order valence-electron chi connectivity index (χ0n) is 15.3. The van der Waals surface area contributed by atoms with Gasteiger partial charge in [0, 0.05) is 23.1 Å². The monoisotopic (exact) mass is 442 g/mol. The second kappa shape index (κ2) is 9.23. The number of hydrogen-bond acceptors (Lipinski definition) is 4. The molecule has 1 fully saturated rings. The highest BCUT2D eigenvalue weighted by molar-refractivity contribution is 6.36. The molecule has 3 rings (SSSR count). The lowest BCUT2D eigenvalue weighted by Crippen LogP contribution is -2.58. The van der Waals surface area contributed by atoms with Gasteiger partial charge < -0.3 is 14.7 Å². The van der Waals surface area contributed by atoms with Gasteiger partial charge >= 0.3 is 6.09 Å². The van der Waals surface area contributed by atoms with Crippen molar-refractivity contribution in [2.75, 3.05) is 31.2 Å². The molecule has 0 saturated carbocycles. The summed E-state index contributed by atoms with van der Waals surface area (Å²) in [5.41, 5.74) is 1.69. The molecule has 1 heterocycles. The molecule has 0 unspecified atom stereocenters. The highest BCUT2D eigenvalue weighted by atomic mass is 35.5. The van der Waals surface area contributed by atoms with Gasteiger partial charge in [0.05, 0.1) is 36.0 Å². The van der Waals surface area contributed by atoms with E-state index in [1.54, 1.807) is 36.1 Å². The van der Waals surface area contributed by atoms with Crippen LogP contribution in [0, 0.1) is 0 Å². The van der Waals surface area contributed by atoms with Crippen molar-refractivity contribution in [3.05, 3.63) is 63.1 Å². The van der Waals surface area contributed by atoms with E-state index in [1.807, 2.05) is 18.2 Å². The van der Waals surface area contributed by atoms with Crippen molar-refractivity contribution in [3.8, 4) is 0 Å². The Morgan fingerprint density at radius 3 is 2.39 bits per heavy atom. The smallest absolute Gasteiger partial charge is 0.410 e. The van der Waals surface area contributed by atoms with Gasteiger partial charge in [0.2, 0.25) is 0 Å². The van der Waals surface area contributed by atoms with Crippen LogP contribution in [0.25, 0.3) is 0 Å². The second-order valence-electron chi connectivity index (χ2n) is 6.43. The number of aliphatic hydroxyl groups excluding tert-OH is 1. The Morgan fingerprint density at radius 1 is 1.11 bits per heavy atom. The number of piperazine rings is 1. The van der Waals surface area contributed by atoms with E-state index in [4.69, 9.17) is 39.5 Å². The summed E-state index contributed by atoms with van der Waals surface area (Å²) >= 11 is 18.6. The molecule has 0 bridgehead atoms. The number of rotatable bonds is 4. The van der Waals surface area contributed by atoms with Gasteiger partial charge in [-0.1, -0.05) is 46.9 Å². The molecule has 2 aromatic rings. The van der Waals surface area contributed by atoms with Gasteiger partial charge in [0.25, 0.3) is 0 Å². The van der Waals surface area contributed by atoms with Gasteiger partial charge in [-0.25, -0.2) is 4.79 Å². The van der Waals surface area contributed by atoms with Crippen LogP contribution in [-0.2, 0) is 4.74 Å². The van der Waals surface area contributed by atoms with Crippen LogP contribution in [0.4, 0.5) is 10.5 Å². The minimum absolute atomic E-state index is 0.228. The molecule has 0 aromatic heterocycles. The molecular formula is C20H21Cl3N2O3. The number of halogens is 3. The Kier molecular flexibility index (Phi) is 6.94. The quantitative estimate of drug-likeness (QED) is 0.720.